The van der Waals surface area contributed by atoms with Crippen LogP contribution < -0.4 is 0 Å². The van der Waals surface area contributed by atoms with Gasteiger partial charge in [-0.25, -0.2) is 0 Å². The monoisotopic (exact) mass is 588 g/mol. The van der Waals surface area contributed by atoms with Gasteiger partial charge in [-0.2, -0.15) is 0 Å². The van der Waals surface area contributed by atoms with Crippen molar-refractivity contribution >= 4 is 5.97 Å². The summed E-state index contributed by atoms with van der Waals surface area (Å²) in [6, 6.07) is 0. The summed E-state index contributed by atoms with van der Waals surface area (Å²) in [7, 11) is 0. The Kier molecular flexibility index (Phi) is 7.39. The van der Waals surface area contributed by atoms with Crippen molar-refractivity contribution in [3.63, 3.8) is 0 Å². The second-order valence-corrected chi connectivity index (χ2v) is 16.9. The van der Waals surface area contributed by atoms with Crippen LogP contribution in [0.5, 0.6) is 0 Å². The van der Waals surface area contributed by atoms with Crippen LogP contribution in [0.1, 0.15) is 106 Å². The molecule has 0 amide bonds. The summed E-state index contributed by atoms with van der Waals surface area (Å²) < 4.78 is 12.1. The molecule has 5 saturated carbocycles. The van der Waals surface area contributed by atoms with Crippen LogP contribution in [0.2, 0.25) is 0 Å². The normalized spacial score (nSPS) is 55.1. The zero-order valence-electron chi connectivity index (χ0n) is 26.8. The molecule has 1 aliphatic heterocycles. The summed E-state index contributed by atoms with van der Waals surface area (Å²) in [5.74, 6) is 1.32. The number of aliphatic carboxylic acids is 1. The lowest BCUT2D eigenvalue weighted by Crippen LogP contribution is -2.67. The zero-order valence-corrected chi connectivity index (χ0v) is 26.8. The maximum absolute atomic E-state index is 12.9. The van der Waals surface area contributed by atoms with Crippen molar-refractivity contribution in [2.24, 2.45) is 56.7 Å². The molecule has 1 saturated heterocycles. The molecule has 5 aliphatic carbocycles. The number of ether oxygens (including phenoxy) is 2. The van der Waals surface area contributed by atoms with Crippen molar-refractivity contribution in [2.45, 2.75) is 136 Å². The van der Waals surface area contributed by atoms with E-state index in [2.05, 4.69) is 48.1 Å². The van der Waals surface area contributed by atoms with E-state index in [4.69, 9.17) is 9.47 Å². The minimum atomic E-state index is -1.27. The van der Waals surface area contributed by atoms with Gasteiger partial charge in [-0.1, -0.05) is 46.8 Å². The molecule has 14 atom stereocenters. The Hall–Kier alpha value is -0.990. The van der Waals surface area contributed by atoms with Crippen molar-refractivity contribution in [2.75, 3.05) is 6.61 Å². The van der Waals surface area contributed by atoms with E-state index in [0.29, 0.717) is 23.7 Å². The molecule has 7 heteroatoms. The van der Waals surface area contributed by atoms with Crippen molar-refractivity contribution in [1.82, 2.24) is 0 Å². The van der Waals surface area contributed by atoms with Crippen molar-refractivity contribution in [1.29, 1.82) is 0 Å². The van der Waals surface area contributed by atoms with Crippen LogP contribution in [-0.4, -0.2) is 63.7 Å². The number of carboxylic acid groups (broad SMARTS) is 1. The predicted octanol–water partition coefficient (Wildman–Crippen LogP) is 5.55. The Morgan fingerprint density at radius 1 is 0.833 bits per heavy atom. The number of aliphatic hydroxyl groups excluding tert-OH is 3. The Bertz CT molecular complexity index is 1100. The number of hydrogen-bond donors (Lipinski definition) is 4. The first-order chi connectivity index (χ1) is 19.5. The van der Waals surface area contributed by atoms with Crippen LogP contribution >= 0.6 is 0 Å². The van der Waals surface area contributed by atoms with Crippen molar-refractivity contribution in [3.8, 4) is 0 Å². The largest absolute Gasteiger partial charge is 0.481 e. The number of allylic oxidation sites excluding steroid dienone is 1. The molecule has 0 spiro atoms. The first kappa shape index (κ1) is 31.0. The van der Waals surface area contributed by atoms with E-state index in [0.717, 1.165) is 64.2 Å². The highest BCUT2D eigenvalue weighted by molar-refractivity contribution is 5.76. The van der Waals surface area contributed by atoms with Gasteiger partial charge in [0.1, 0.15) is 18.3 Å². The average Bonchev–Trinajstić information content (AvgIpc) is 3.32. The fourth-order valence-corrected chi connectivity index (χ4v) is 12.8. The minimum Gasteiger partial charge on any atom is -0.481 e. The Balaban J connectivity index is 1.28. The van der Waals surface area contributed by atoms with E-state index in [1.807, 2.05) is 0 Å². The second-order valence-electron chi connectivity index (χ2n) is 16.9. The smallest absolute Gasteiger partial charge is 0.309 e. The highest BCUT2D eigenvalue weighted by Gasteiger charge is 2.72. The SMILES string of the molecule is C=C(C)[C@@H]1CC[C@]2(C(=O)O)CC[C@]3(C)[C@H](CC[C@@H]4[C@@]5(C)CC[C@H](O[C@@H]6OC[C@H](O)[C@H](O)[C@H]6O)C(C)(C)[C@@H]5CC[C@]43C)[C@@H]12. The average molecular weight is 589 g/mol. The molecular weight excluding hydrogens is 532 g/mol. The van der Waals surface area contributed by atoms with Gasteiger partial charge in [0.05, 0.1) is 18.1 Å². The molecule has 4 N–H and O–H groups in total. The molecule has 7 nitrogen and oxygen atoms in total. The summed E-state index contributed by atoms with van der Waals surface area (Å²) in [5.41, 5.74) is 0.796. The summed E-state index contributed by atoms with van der Waals surface area (Å²) >= 11 is 0. The fraction of sp³-hybridized carbons (Fsp3) is 0.914. The molecule has 6 rings (SSSR count). The van der Waals surface area contributed by atoms with Gasteiger partial charge in [-0.15, -0.1) is 0 Å². The molecular formula is C35H56O7. The molecule has 42 heavy (non-hydrogen) atoms. The number of carbonyl (C=O) groups is 1. The molecule has 0 radical (unpaired) electrons. The molecule has 0 unspecified atom stereocenters. The van der Waals surface area contributed by atoms with Gasteiger partial charge in [-0.3, -0.25) is 4.79 Å². The topological polar surface area (TPSA) is 116 Å². The highest BCUT2D eigenvalue weighted by atomic mass is 16.7. The molecule has 0 aromatic heterocycles. The van der Waals surface area contributed by atoms with Gasteiger partial charge in [0.25, 0.3) is 0 Å². The fourth-order valence-electron chi connectivity index (χ4n) is 12.8. The summed E-state index contributed by atoms with van der Waals surface area (Å²) in [6.45, 7) is 18.7. The Labute approximate surface area is 252 Å². The number of aliphatic hydroxyl groups is 3. The molecule has 0 bridgehead atoms. The van der Waals surface area contributed by atoms with E-state index >= 15 is 0 Å². The molecule has 6 aliphatic rings. The maximum atomic E-state index is 12.9. The Morgan fingerprint density at radius 2 is 1.55 bits per heavy atom. The van der Waals surface area contributed by atoms with Crippen LogP contribution in [0.15, 0.2) is 12.2 Å². The van der Waals surface area contributed by atoms with Crippen LogP contribution in [0.25, 0.3) is 0 Å². The van der Waals surface area contributed by atoms with Crippen LogP contribution in [-0.2, 0) is 14.3 Å². The van der Waals surface area contributed by atoms with Crippen LogP contribution in [0, 0.1) is 56.7 Å². The maximum Gasteiger partial charge on any atom is 0.309 e. The van der Waals surface area contributed by atoms with Gasteiger partial charge in [0.15, 0.2) is 6.29 Å². The van der Waals surface area contributed by atoms with Crippen LogP contribution in [0.4, 0.5) is 0 Å². The number of rotatable bonds is 4. The molecule has 0 aromatic carbocycles. The van der Waals surface area contributed by atoms with E-state index in [1.165, 1.54) is 5.57 Å². The van der Waals surface area contributed by atoms with Crippen molar-refractivity contribution in [3.05, 3.63) is 12.2 Å². The summed E-state index contributed by atoms with van der Waals surface area (Å²) in [4.78, 5) is 12.9. The van der Waals surface area contributed by atoms with E-state index in [-0.39, 0.29) is 40.3 Å². The van der Waals surface area contributed by atoms with Gasteiger partial charge >= 0.3 is 5.97 Å². The van der Waals surface area contributed by atoms with Gasteiger partial charge in [-0.05, 0) is 122 Å². The molecule has 238 valence electrons. The minimum absolute atomic E-state index is 0.0479. The van der Waals surface area contributed by atoms with Gasteiger partial charge < -0.3 is 29.9 Å². The van der Waals surface area contributed by atoms with Gasteiger partial charge in [0, 0.05) is 0 Å². The number of hydrogen-bond acceptors (Lipinski definition) is 6. The van der Waals surface area contributed by atoms with Crippen molar-refractivity contribution < 1.29 is 34.7 Å². The van der Waals surface area contributed by atoms with Crippen LogP contribution in [0.3, 0.4) is 0 Å². The molecule has 0 aromatic rings. The quantitative estimate of drug-likeness (QED) is 0.251. The number of fused-ring (bicyclic) bond motifs is 7. The van der Waals surface area contributed by atoms with E-state index < -0.39 is 36.0 Å². The first-order valence-corrected chi connectivity index (χ1v) is 16.7. The standard InChI is InChI=1S/C35H56O7/c1-19(2)20-10-15-35(30(39)40)17-16-33(6)21(26(20)35)8-9-24-32(5)13-12-25(31(3,4)23(32)11-14-34(24,33)7)42-29-28(38)27(37)22(36)18-41-29/h20-29,36-38H,1,8-18H2,2-7H3,(H,39,40)/t20-,21+,22-,23-,24+,25-,26+,27-,28+,29-,32-,33+,34+,35-/m0/s1. The lowest BCUT2D eigenvalue weighted by molar-refractivity contribution is -0.311. The summed E-state index contributed by atoms with van der Waals surface area (Å²) in [6.07, 6.45) is 5.23. The number of carboxylic acids is 1. The Morgan fingerprint density at radius 3 is 2.21 bits per heavy atom. The third-order valence-electron chi connectivity index (χ3n) is 15.2. The van der Waals surface area contributed by atoms with Gasteiger partial charge in [0.2, 0.25) is 0 Å². The molecule has 1 heterocycles. The third-order valence-corrected chi connectivity index (χ3v) is 15.2. The first-order valence-electron chi connectivity index (χ1n) is 16.7. The zero-order chi connectivity index (χ0) is 30.6. The lowest BCUT2D eigenvalue weighted by atomic mass is 9.32. The highest BCUT2D eigenvalue weighted by Crippen LogP contribution is 2.77. The summed E-state index contributed by atoms with van der Waals surface area (Å²) in [5, 5.41) is 41.3. The third kappa shape index (κ3) is 3.98. The second kappa shape index (κ2) is 10.0. The lowest BCUT2D eigenvalue weighted by Gasteiger charge is -2.73. The predicted molar refractivity (Wildman–Crippen MR) is 159 cm³/mol. The van der Waals surface area contributed by atoms with E-state index in [1.54, 1.807) is 0 Å². The molecule has 6 fully saturated rings. The van der Waals surface area contributed by atoms with E-state index in [9.17, 15) is 25.2 Å².